The van der Waals surface area contributed by atoms with Crippen LogP contribution in [0.15, 0.2) is 11.6 Å². The highest BCUT2D eigenvalue weighted by Gasteiger charge is 2.22. The molecule has 1 N–H and O–H groups in total. The van der Waals surface area contributed by atoms with Crippen molar-refractivity contribution >= 4 is 11.8 Å². The molecule has 1 aliphatic rings. The number of carbonyl (C=O) groups is 2. The summed E-state index contributed by atoms with van der Waals surface area (Å²) in [7, 11) is 0. The van der Waals surface area contributed by atoms with Crippen molar-refractivity contribution in [1.29, 1.82) is 0 Å². The van der Waals surface area contributed by atoms with Gasteiger partial charge in [-0.2, -0.15) is 0 Å². The molecule has 0 radical (unpaired) electrons. The molecule has 1 aliphatic heterocycles. The van der Waals surface area contributed by atoms with Crippen molar-refractivity contribution in [2.24, 2.45) is 5.92 Å². The largest absolute Gasteiger partial charge is 0.478 e. The van der Waals surface area contributed by atoms with Crippen LogP contribution in [0.5, 0.6) is 0 Å². The van der Waals surface area contributed by atoms with Crippen molar-refractivity contribution in [3.8, 4) is 0 Å². The zero-order chi connectivity index (χ0) is 11.4. The van der Waals surface area contributed by atoms with Crippen molar-refractivity contribution in [1.82, 2.24) is 4.90 Å². The summed E-state index contributed by atoms with van der Waals surface area (Å²) in [5, 5.41) is 8.66. The summed E-state index contributed by atoms with van der Waals surface area (Å²) in [6, 6.07) is 0. The first-order chi connectivity index (χ1) is 7.00. The molecular formula is C11H17NO3. The molecular weight excluding hydrogens is 194 g/mol. The molecule has 1 rings (SSSR count). The van der Waals surface area contributed by atoms with Gasteiger partial charge in [-0.25, -0.2) is 4.79 Å². The van der Waals surface area contributed by atoms with E-state index >= 15 is 0 Å². The van der Waals surface area contributed by atoms with E-state index in [1.807, 2.05) is 6.92 Å². The number of piperidine rings is 1. The lowest BCUT2D eigenvalue weighted by Crippen LogP contribution is -2.39. The molecule has 0 saturated carbocycles. The summed E-state index contributed by atoms with van der Waals surface area (Å²) in [6.45, 7) is 5.60. The zero-order valence-electron chi connectivity index (χ0n) is 9.19. The minimum atomic E-state index is -0.879. The molecule has 0 bridgehead atoms. The molecule has 0 aromatic carbocycles. The number of nitrogens with zero attached hydrogens (tertiary/aromatic N) is 1. The van der Waals surface area contributed by atoms with Crippen molar-refractivity contribution < 1.29 is 14.7 Å². The third kappa shape index (κ3) is 3.47. The fraction of sp³-hybridized carbons (Fsp3) is 0.636. The van der Waals surface area contributed by atoms with Gasteiger partial charge >= 0.3 is 5.97 Å². The third-order valence-corrected chi connectivity index (χ3v) is 2.75. The normalized spacial score (nSPS) is 24.3. The quantitative estimate of drug-likeness (QED) is 0.705. The Morgan fingerprint density at radius 1 is 1.67 bits per heavy atom. The average molecular weight is 211 g/mol. The van der Waals surface area contributed by atoms with E-state index in [1.54, 1.807) is 13.0 Å². The molecule has 0 aromatic rings. The number of carboxylic acid groups (broad SMARTS) is 1. The van der Waals surface area contributed by atoms with Crippen molar-refractivity contribution in [3.63, 3.8) is 0 Å². The van der Waals surface area contributed by atoms with Crippen LogP contribution in [0.3, 0.4) is 0 Å². The van der Waals surface area contributed by atoms with Gasteiger partial charge in [0.1, 0.15) is 5.78 Å². The maximum absolute atomic E-state index is 11.2. The van der Waals surface area contributed by atoms with Crippen molar-refractivity contribution in [2.75, 3.05) is 19.6 Å². The lowest BCUT2D eigenvalue weighted by Gasteiger charge is -2.28. The predicted molar refractivity (Wildman–Crippen MR) is 56.6 cm³/mol. The third-order valence-electron chi connectivity index (χ3n) is 2.75. The summed E-state index contributed by atoms with van der Waals surface area (Å²) in [4.78, 5) is 23.9. The maximum atomic E-state index is 11.2. The molecule has 0 aliphatic carbocycles. The van der Waals surface area contributed by atoms with E-state index in [-0.39, 0.29) is 5.92 Å². The fourth-order valence-electron chi connectivity index (χ4n) is 1.61. The Bertz CT molecular complexity index is 296. The van der Waals surface area contributed by atoms with E-state index in [9.17, 15) is 9.59 Å². The SMILES string of the molecule is C/C(=C/CN1CCC(=O)C(C)C1)C(=O)O. The Balaban J connectivity index is 2.44. The van der Waals surface area contributed by atoms with Crippen LogP contribution in [-0.4, -0.2) is 41.4 Å². The first-order valence-electron chi connectivity index (χ1n) is 5.16. The van der Waals surface area contributed by atoms with Crippen molar-refractivity contribution in [3.05, 3.63) is 11.6 Å². The van der Waals surface area contributed by atoms with Gasteiger partial charge in [0.15, 0.2) is 0 Å². The standard InChI is InChI=1S/C11H17NO3/c1-8(11(14)15)3-5-12-6-4-10(13)9(2)7-12/h3,9H,4-7H2,1-2H3,(H,14,15)/b8-3-. The summed E-state index contributed by atoms with van der Waals surface area (Å²) >= 11 is 0. The number of aliphatic carboxylic acids is 1. The van der Waals surface area contributed by atoms with Gasteiger partial charge in [-0.15, -0.1) is 0 Å². The van der Waals surface area contributed by atoms with E-state index in [0.717, 1.165) is 13.1 Å². The monoisotopic (exact) mass is 211 g/mol. The summed E-state index contributed by atoms with van der Waals surface area (Å²) in [5.74, 6) is -0.487. The number of hydrogen-bond donors (Lipinski definition) is 1. The zero-order valence-corrected chi connectivity index (χ0v) is 9.19. The topological polar surface area (TPSA) is 57.6 Å². The highest BCUT2D eigenvalue weighted by atomic mass is 16.4. The lowest BCUT2D eigenvalue weighted by atomic mass is 9.99. The second-order valence-electron chi connectivity index (χ2n) is 4.07. The van der Waals surface area contributed by atoms with Gasteiger partial charge < -0.3 is 5.11 Å². The second-order valence-corrected chi connectivity index (χ2v) is 4.07. The molecule has 0 aromatic heterocycles. The summed E-state index contributed by atoms with van der Waals surface area (Å²) in [6.07, 6.45) is 2.28. The molecule has 0 amide bonds. The molecule has 1 atom stereocenters. The van der Waals surface area contributed by atoms with Crippen LogP contribution in [-0.2, 0) is 9.59 Å². The number of Topliss-reactive ketones (excluding diaryl/α,β-unsaturated/α-hetero) is 1. The van der Waals surface area contributed by atoms with E-state index in [0.29, 0.717) is 24.3 Å². The Kier molecular flexibility index (Phi) is 4.03. The van der Waals surface area contributed by atoms with Crippen molar-refractivity contribution in [2.45, 2.75) is 20.3 Å². The van der Waals surface area contributed by atoms with Crippen LogP contribution in [0, 0.1) is 5.92 Å². The second kappa shape index (κ2) is 5.07. The molecule has 0 spiro atoms. The average Bonchev–Trinajstić information content (AvgIpc) is 2.19. The molecule has 1 saturated heterocycles. The van der Waals surface area contributed by atoms with Gasteiger partial charge in [0.25, 0.3) is 0 Å². The Morgan fingerprint density at radius 3 is 2.87 bits per heavy atom. The minimum Gasteiger partial charge on any atom is -0.478 e. The van der Waals surface area contributed by atoms with Crippen LogP contribution in [0.1, 0.15) is 20.3 Å². The number of likely N-dealkylation sites (tertiary alicyclic amines) is 1. The van der Waals surface area contributed by atoms with Gasteiger partial charge in [-0.1, -0.05) is 13.0 Å². The van der Waals surface area contributed by atoms with E-state index in [4.69, 9.17) is 5.11 Å². The van der Waals surface area contributed by atoms with E-state index < -0.39 is 5.97 Å². The van der Waals surface area contributed by atoms with Gasteiger partial charge in [0, 0.05) is 37.5 Å². The van der Waals surface area contributed by atoms with Crippen LogP contribution in [0.2, 0.25) is 0 Å². The predicted octanol–water partition coefficient (Wildman–Crippen LogP) is 0.928. The van der Waals surface area contributed by atoms with Crippen LogP contribution in [0.4, 0.5) is 0 Å². The van der Waals surface area contributed by atoms with E-state index in [1.165, 1.54) is 0 Å². The molecule has 84 valence electrons. The maximum Gasteiger partial charge on any atom is 0.330 e. The first-order valence-corrected chi connectivity index (χ1v) is 5.16. The highest BCUT2D eigenvalue weighted by molar-refractivity contribution is 5.85. The van der Waals surface area contributed by atoms with Crippen LogP contribution in [0.25, 0.3) is 0 Å². The smallest absolute Gasteiger partial charge is 0.330 e. The highest BCUT2D eigenvalue weighted by Crippen LogP contribution is 2.12. The molecule has 1 fully saturated rings. The molecule has 4 nitrogen and oxygen atoms in total. The number of ketones is 1. The van der Waals surface area contributed by atoms with Crippen LogP contribution >= 0.6 is 0 Å². The Hall–Kier alpha value is -1.16. The molecule has 1 heterocycles. The Morgan fingerprint density at radius 2 is 2.33 bits per heavy atom. The molecule has 1 unspecified atom stereocenters. The molecule has 4 heteroatoms. The molecule has 15 heavy (non-hydrogen) atoms. The Labute approximate surface area is 89.6 Å². The lowest BCUT2D eigenvalue weighted by molar-refractivity contribution is -0.132. The van der Waals surface area contributed by atoms with Gasteiger partial charge in [0.2, 0.25) is 0 Å². The van der Waals surface area contributed by atoms with Gasteiger partial charge in [-0.3, -0.25) is 9.69 Å². The van der Waals surface area contributed by atoms with E-state index in [2.05, 4.69) is 4.90 Å². The minimum absolute atomic E-state index is 0.0808. The van der Waals surface area contributed by atoms with Crippen LogP contribution < -0.4 is 0 Å². The fourth-order valence-corrected chi connectivity index (χ4v) is 1.61. The van der Waals surface area contributed by atoms with Gasteiger partial charge in [-0.05, 0) is 6.92 Å². The summed E-state index contributed by atoms with van der Waals surface area (Å²) < 4.78 is 0. The van der Waals surface area contributed by atoms with Gasteiger partial charge in [0.05, 0.1) is 0 Å². The number of carbonyl (C=O) groups excluding carboxylic acids is 1. The first kappa shape index (κ1) is 11.9. The number of hydrogen-bond acceptors (Lipinski definition) is 3. The number of rotatable bonds is 3. The number of carboxylic acids is 1. The summed E-state index contributed by atoms with van der Waals surface area (Å²) in [5.41, 5.74) is 0.361.